The van der Waals surface area contributed by atoms with Crippen LogP contribution >= 0.6 is 0 Å². The van der Waals surface area contributed by atoms with Crippen molar-refractivity contribution in [2.75, 3.05) is 6.61 Å². The van der Waals surface area contributed by atoms with Crippen molar-refractivity contribution in [3.05, 3.63) is 35.4 Å². The number of esters is 1. The van der Waals surface area contributed by atoms with Gasteiger partial charge in [0.15, 0.2) is 0 Å². The summed E-state index contributed by atoms with van der Waals surface area (Å²) >= 11 is 0. The summed E-state index contributed by atoms with van der Waals surface area (Å²) < 4.78 is 4.77. The first-order chi connectivity index (χ1) is 9.61. The van der Waals surface area contributed by atoms with Crippen LogP contribution in [-0.4, -0.2) is 29.7 Å². The van der Waals surface area contributed by atoms with Crippen LogP contribution in [0.2, 0.25) is 0 Å². The first-order valence-corrected chi connectivity index (χ1v) is 6.82. The van der Waals surface area contributed by atoms with Crippen molar-refractivity contribution in [3.8, 4) is 0 Å². The minimum Gasteiger partial charge on any atom is -0.466 e. The summed E-state index contributed by atoms with van der Waals surface area (Å²) in [6.07, 6.45) is 0.0619. The number of benzene rings is 1. The Morgan fingerprint density at radius 1 is 1.35 bits per heavy atom. The number of ether oxygens (including phenoxy) is 1. The maximum Gasteiger partial charge on any atom is 0.306 e. The lowest BCUT2D eigenvalue weighted by Crippen LogP contribution is -2.34. The Kier molecular flexibility index (Phi) is 4.74. The van der Waals surface area contributed by atoms with Crippen LogP contribution in [0, 0.1) is 0 Å². The highest BCUT2D eigenvalue weighted by Gasteiger charge is 2.31. The van der Waals surface area contributed by atoms with E-state index in [-0.39, 0.29) is 30.8 Å². The van der Waals surface area contributed by atoms with Crippen molar-refractivity contribution in [1.29, 1.82) is 0 Å². The molecule has 0 aliphatic heterocycles. The molecular weight excluding hydrogens is 258 g/mol. The van der Waals surface area contributed by atoms with Gasteiger partial charge in [0.05, 0.1) is 25.2 Å². The quantitative estimate of drug-likeness (QED) is 0.790. The van der Waals surface area contributed by atoms with E-state index in [2.05, 4.69) is 5.32 Å². The summed E-state index contributed by atoms with van der Waals surface area (Å²) in [5.74, 6) is -0.631. The van der Waals surface area contributed by atoms with Crippen molar-refractivity contribution in [2.45, 2.75) is 38.3 Å². The molecule has 0 bridgehead atoms. The van der Waals surface area contributed by atoms with Gasteiger partial charge >= 0.3 is 5.97 Å². The van der Waals surface area contributed by atoms with Gasteiger partial charge in [-0.15, -0.1) is 0 Å². The van der Waals surface area contributed by atoms with Crippen LogP contribution in [0.15, 0.2) is 24.3 Å². The van der Waals surface area contributed by atoms with Gasteiger partial charge in [0.1, 0.15) is 0 Å². The number of hydrogen-bond donors (Lipinski definition) is 2. The van der Waals surface area contributed by atoms with E-state index >= 15 is 0 Å². The minimum atomic E-state index is -0.612. The number of carbonyl (C=O) groups excluding carboxylic acids is 2. The van der Waals surface area contributed by atoms with E-state index in [0.29, 0.717) is 13.0 Å². The second-order valence-electron chi connectivity index (χ2n) is 4.82. The van der Waals surface area contributed by atoms with Gasteiger partial charge in [-0.2, -0.15) is 0 Å². The Labute approximate surface area is 117 Å². The molecule has 0 radical (unpaired) electrons. The lowest BCUT2D eigenvalue weighted by Gasteiger charge is -2.17. The van der Waals surface area contributed by atoms with Gasteiger partial charge in [0.25, 0.3) is 0 Å². The van der Waals surface area contributed by atoms with E-state index < -0.39 is 6.10 Å². The van der Waals surface area contributed by atoms with E-state index in [4.69, 9.17) is 4.74 Å². The van der Waals surface area contributed by atoms with Gasteiger partial charge in [0.2, 0.25) is 5.91 Å². The molecule has 0 saturated heterocycles. The van der Waals surface area contributed by atoms with Crippen LogP contribution in [-0.2, 0) is 20.7 Å². The smallest absolute Gasteiger partial charge is 0.306 e. The Balaban J connectivity index is 1.90. The Morgan fingerprint density at radius 3 is 2.85 bits per heavy atom. The number of amides is 1. The number of aliphatic hydroxyl groups is 1. The number of carbonyl (C=O) groups is 2. The molecule has 20 heavy (non-hydrogen) atoms. The molecule has 1 aliphatic rings. The zero-order chi connectivity index (χ0) is 14.5. The van der Waals surface area contributed by atoms with Crippen LogP contribution in [0.3, 0.4) is 0 Å². The minimum absolute atomic E-state index is 0.0597. The fourth-order valence-electron chi connectivity index (χ4n) is 2.44. The predicted octanol–water partition coefficient (Wildman–Crippen LogP) is 1.10. The second-order valence-corrected chi connectivity index (χ2v) is 4.82. The Bertz CT molecular complexity index is 500. The molecule has 1 aromatic rings. The highest BCUT2D eigenvalue weighted by molar-refractivity contribution is 5.81. The first-order valence-electron chi connectivity index (χ1n) is 6.82. The zero-order valence-corrected chi connectivity index (χ0v) is 11.5. The van der Waals surface area contributed by atoms with E-state index in [9.17, 15) is 14.7 Å². The van der Waals surface area contributed by atoms with Gasteiger partial charge in [-0.25, -0.2) is 0 Å². The molecule has 2 rings (SSSR count). The van der Waals surface area contributed by atoms with Crippen molar-refractivity contribution < 1.29 is 19.4 Å². The molecule has 2 N–H and O–H groups in total. The summed E-state index contributed by atoms with van der Waals surface area (Å²) in [6.45, 7) is 2.04. The molecule has 0 heterocycles. The molecular formula is C15H19NO4. The van der Waals surface area contributed by atoms with Gasteiger partial charge in [0, 0.05) is 12.8 Å². The SMILES string of the molecule is CCOC(=O)CCC(=O)N[C@@H]1c2ccccc2C[C@@H]1O. The highest BCUT2D eigenvalue weighted by Crippen LogP contribution is 2.31. The topological polar surface area (TPSA) is 75.6 Å². The standard InChI is InChI=1S/C15H19NO4/c1-2-20-14(19)8-7-13(18)16-15-11-6-4-3-5-10(11)9-12(15)17/h3-6,12,15,17H,2,7-9H2,1H3,(H,16,18)/t12-,15+/m0/s1. The van der Waals surface area contributed by atoms with Crippen LogP contribution in [0.25, 0.3) is 0 Å². The first kappa shape index (κ1) is 14.5. The molecule has 5 heteroatoms. The number of nitrogens with one attached hydrogen (secondary N) is 1. The molecule has 1 amide bonds. The lowest BCUT2D eigenvalue weighted by molar-refractivity contribution is -0.144. The Hall–Kier alpha value is -1.88. The molecule has 1 aliphatic carbocycles. The summed E-state index contributed by atoms with van der Waals surface area (Å²) in [7, 11) is 0. The van der Waals surface area contributed by atoms with Crippen LogP contribution < -0.4 is 5.32 Å². The monoisotopic (exact) mass is 277 g/mol. The largest absolute Gasteiger partial charge is 0.466 e. The molecule has 2 atom stereocenters. The normalized spacial score (nSPS) is 20.3. The predicted molar refractivity (Wildman–Crippen MR) is 72.9 cm³/mol. The van der Waals surface area contributed by atoms with Gasteiger partial charge in [-0.05, 0) is 18.1 Å². The second kappa shape index (κ2) is 6.52. The third-order valence-electron chi connectivity index (χ3n) is 3.38. The number of aliphatic hydroxyl groups excluding tert-OH is 1. The number of fused-ring (bicyclic) bond motifs is 1. The molecule has 108 valence electrons. The van der Waals surface area contributed by atoms with E-state index in [1.54, 1.807) is 6.92 Å². The summed E-state index contributed by atoms with van der Waals surface area (Å²) in [6, 6.07) is 7.26. The molecule has 0 fully saturated rings. The maximum atomic E-state index is 11.8. The third kappa shape index (κ3) is 3.36. The molecule has 5 nitrogen and oxygen atoms in total. The summed E-state index contributed by atoms with van der Waals surface area (Å²) in [4.78, 5) is 23.0. The zero-order valence-electron chi connectivity index (χ0n) is 11.5. The van der Waals surface area contributed by atoms with Crippen molar-refractivity contribution >= 4 is 11.9 Å². The van der Waals surface area contributed by atoms with E-state index in [1.807, 2.05) is 24.3 Å². The van der Waals surface area contributed by atoms with Gasteiger partial charge in [-0.1, -0.05) is 24.3 Å². The molecule has 0 unspecified atom stereocenters. The van der Waals surface area contributed by atoms with Crippen LogP contribution in [0.1, 0.15) is 36.9 Å². The van der Waals surface area contributed by atoms with Gasteiger partial charge < -0.3 is 15.2 Å². The van der Waals surface area contributed by atoms with Crippen LogP contribution in [0.4, 0.5) is 0 Å². The molecule has 0 saturated carbocycles. The maximum absolute atomic E-state index is 11.8. The number of rotatable bonds is 5. The average Bonchev–Trinajstić information content (AvgIpc) is 2.73. The average molecular weight is 277 g/mol. The third-order valence-corrected chi connectivity index (χ3v) is 3.38. The van der Waals surface area contributed by atoms with E-state index in [0.717, 1.165) is 11.1 Å². The fraction of sp³-hybridized carbons (Fsp3) is 0.467. The fourth-order valence-corrected chi connectivity index (χ4v) is 2.44. The van der Waals surface area contributed by atoms with Crippen molar-refractivity contribution in [1.82, 2.24) is 5.32 Å². The van der Waals surface area contributed by atoms with Crippen LogP contribution in [0.5, 0.6) is 0 Å². The summed E-state index contributed by atoms with van der Waals surface area (Å²) in [5, 5.41) is 12.8. The van der Waals surface area contributed by atoms with E-state index in [1.165, 1.54) is 0 Å². The van der Waals surface area contributed by atoms with Crippen molar-refractivity contribution in [3.63, 3.8) is 0 Å². The van der Waals surface area contributed by atoms with Crippen molar-refractivity contribution in [2.24, 2.45) is 0 Å². The van der Waals surface area contributed by atoms with Gasteiger partial charge in [-0.3, -0.25) is 9.59 Å². The molecule has 1 aromatic carbocycles. The summed E-state index contributed by atoms with van der Waals surface area (Å²) in [5.41, 5.74) is 2.00. The lowest BCUT2D eigenvalue weighted by atomic mass is 10.1. The number of hydrogen-bond acceptors (Lipinski definition) is 4. The molecule has 0 spiro atoms. The Morgan fingerprint density at radius 2 is 2.10 bits per heavy atom. The highest BCUT2D eigenvalue weighted by atomic mass is 16.5. The molecule has 0 aromatic heterocycles.